The zero-order valence-electron chi connectivity index (χ0n) is 6.99. The Morgan fingerprint density at radius 1 is 1.08 bits per heavy atom. The summed E-state index contributed by atoms with van der Waals surface area (Å²) >= 11 is 3.71. The maximum atomic E-state index is 10.9. The molecule has 5 heteroatoms. The summed E-state index contributed by atoms with van der Waals surface area (Å²) in [6.07, 6.45) is 0. The predicted octanol–water partition coefficient (Wildman–Crippen LogP) is 0.200. The second-order valence-corrected chi connectivity index (χ2v) is 3.16. The molecule has 1 saturated heterocycles. The van der Waals surface area contributed by atoms with E-state index in [1.54, 1.807) is 9.80 Å². The van der Waals surface area contributed by atoms with Gasteiger partial charge in [0, 0.05) is 33.1 Å². The van der Waals surface area contributed by atoms with Crippen LogP contribution in [-0.2, 0) is 4.79 Å². The first-order chi connectivity index (χ1) is 5.61. The minimum atomic E-state index is -0.210. The molecule has 0 saturated carbocycles. The summed E-state index contributed by atoms with van der Waals surface area (Å²) in [5.74, 6) is 0.0706. The summed E-state index contributed by atoms with van der Waals surface area (Å²) in [6, 6.07) is 0. The Hall–Kier alpha value is -0.710. The van der Waals surface area contributed by atoms with E-state index in [9.17, 15) is 9.59 Å². The summed E-state index contributed by atoms with van der Waals surface area (Å²) in [5, 5.41) is -0.210. The van der Waals surface area contributed by atoms with E-state index in [4.69, 9.17) is 0 Å². The summed E-state index contributed by atoms with van der Waals surface area (Å²) in [5.41, 5.74) is 0. The second-order valence-electron chi connectivity index (χ2n) is 2.78. The fraction of sp³-hybridized carbons (Fsp3) is 0.714. The first kappa shape index (κ1) is 9.38. The molecule has 1 fully saturated rings. The van der Waals surface area contributed by atoms with Crippen LogP contribution >= 0.6 is 12.6 Å². The first-order valence-electron chi connectivity index (χ1n) is 3.84. The second kappa shape index (κ2) is 3.80. The number of carbonyl (C=O) groups is 2. The standard InChI is InChI=1S/C7H12N2O2S/c1-6(10)8-2-4-9(5-3-8)7(11)12/h2-5H2,1H3,(H,11,12). The van der Waals surface area contributed by atoms with Crippen LogP contribution in [0.4, 0.5) is 4.79 Å². The van der Waals surface area contributed by atoms with Crippen molar-refractivity contribution in [1.29, 1.82) is 0 Å². The van der Waals surface area contributed by atoms with Gasteiger partial charge in [-0.2, -0.15) is 0 Å². The summed E-state index contributed by atoms with van der Waals surface area (Å²) < 4.78 is 0. The van der Waals surface area contributed by atoms with Gasteiger partial charge in [0.2, 0.25) is 5.91 Å². The van der Waals surface area contributed by atoms with Gasteiger partial charge in [-0.15, -0.1) is 0 Å². The zero-order chi connectivity index (χ0) is 9.14. The molecule has 1 rings (SSSR count). The van der Waals surface area contributed by atoms with Crippen molar-refractivity contribution in [1.82, 2.24) is 9.80 Å². The highest BCUT2D eigenvalue weighted by Crippen LogP contribution is 2.04. The molecule has 1 heterocycles. The van der Waals surface area contributed by atoms with Crippen LogP contribution in [0.5, 0.6) is 0 Å². The number of piperazine rings is 1. The molecule has 4 nitrogen and oxygen atoms in total. The van der Waals surface area contributed by atoms with Gasteiger partial charge in [-0.05, 0) is 0 Å². The van der Waals surface area contributed by atoms with Crippen molar-refractivity contribution in [2.45, 2.75) is 6.92 Å². The van der Waals surface area contributed by atoms with Crippen LogP contribution in [0.15, 0.2) is 0 Å². The van der Waals surface area contributed by atoms with Crippen molar-refractivity contribution in [2.75, 3.05) is 26.2 Å². The molecule has 2 amide bonds. The van der Waals surface area contributed by atoms with E-state index in [1.165, 1.54) is 6.92 Å². The number of amides is 2. The molecule has 0 aromatic rings. The zero-order valence-corrected chi connectivity index (χ0v) is 7.88. The average molecular weight is 188 g/mol. The molecule has 0 bridgehead atoms. The largest absolute Gasteiger partial charge is 0.339 e. The summed E-state index contributed by atoms with van der Waals surface area (Å²) in [6.45, 7) is 3.99. The van der Waals surface area contributed by atoms with E-state index >= 15 is 0 Å². The summed E-state index contributed by atoms with van der Waals surface area (Å²) in [4.78, 5) is 25.0. The highest BCUT2D eigenvalue weighted by Gasteiger charge is 2.19. The number of nitrogens with zero attached hydrogens (tertiary/aromatic N) is 2. The Morgan fingerprint density at radius 3 is 1.83 bits per heavy atom. The first-order valence-corrected chi connectivity index (χ1v) is 4.29. The Kier molecular flexibility index (Phi) is 2.97. The molecule has 1 aliphatic heterocycles. The Balaban J connectivity index is 2.39. The number of hydrogen-bond acceptors (Lipinski definition) is 2. The topological polar surface area (TPSA) is 40.6 Å². The van der Waals surface area contributed by atoms with Gasteiger partial charge in [-0.25, -0.2) is 0 Å². The van der Waals surface area contributed by atoms with E-state index in [0.29, 0.717) is 26.2 Å². The van der Waals surface area contributed by atoms with Gasteiger partial charge in [-0.1, -0.05) is 12.6 Å². The molecule has 0 aliphatic carbocycles. The number of rotatable bonds is 0. The van der Waals surface area contributed by atoms with Crippen molar-refractivity contribution in [3.8, 4) is 0 Å². The molecule has 0 atom stereocenters. The van der Waals surface area contributed by atoms with Crippen molar-refractivity contribution < 1.29 is 9.59 Å². The Bertz CT molecular complexity index is 178. The SMILES string of the molecule is CC(=O)N1CCN(C(=O)S)CC1. The third-order valence-electron chi connectivity index (χ3n) is 2.00. The molecule has 12 heavy (non-hydrogen) atoms. The van der Waals surface area contributed by atoms with Gasteiger partial charge in [-0.3, -0.25) is 9.59 Å². The van der Waals surface area contributed by atoms with Crippen molar-refractivity contribution >= 4 is 23.8 Å². The summed E-state index contributed by atoms with van der Waals surface area (Å²) in [7, 11) is 0. The molecular formula is C7H12N2O2S. The molecule has 0 spiro atoms. The average Bonchev–Trinajstić information content (AvgIpc) is 2.04. The van der Waals surface area contributed by atoms with Crippen molar-refractivity contribution in [3.05, 3.63) is 0 Å². The molecule has 0 aromatic carbocycles. The van der Waals surface area contributed by atoms with E-state index < -0.39 is 0 Å². The van der Waals surface area contributed by atoms with E-state index in [1.807, 2.05) is 0 Å². The molecule has 0 N–H and O–H groups in total. The van der Waals surface area contributed by atoms with E-state index in [2.05, 4.69) is 12.6 Å². The molecule has 0 aromatic heterocycles. The van der Waals surface area contributed by atoms with Crippen LogP contribution < -0.4 is 0 Å². The van der Waals surface area contributed by atoms with Gasteiger partial charge in [0.05, 0.1) is 0 Å². The molecule has 0 unspecified atom stereocenters. The van der Waals surface area contributed by atoms with Crippen LogP contribution in [0.2, 0.25) is 0 Å². The third-order valence-corrected chi connectivity index (χ3v) is 2.28. The van der Waals surface area contributed by atoms with Gasteiger partial charge in [0.15, 0.2) is 0 Å². The van der Waals surface area contributed by atoms with Gasteiger partial charge >= 0.3 is 0 Å². The highest BCUT2D eigenvalue weighted by molar-refractivity contribution is 7.96. The number of hydrogen-bond donors (Lipinski definition) is 1. The maximum Gasteiger partial charge on any atom is 0.278 e. The fourth-order valence-corrected chi connectivity index (χ4v) is 1.41. The van der Waals surface area contributed by atoms with Crippen LogP contribution in [0.25, 0.3) is 0 Å². The number of thiol groups is 1. The Morgan fingerprint density at radius 2 is 1.50 bits per heavy atom. The monoisotopic (exact) mass is 188 g/mol. The lowest BCUT2D eigenvalue weighted by Gasteiger charge is -2.33. The van der Waals surface area contributed by atoms with Gasteiger partial charge < -0.3 is 9.80 Å². The third kappa shape index (κ3) is 2.14. The molecule has 1 aliphatic rings. The minimum absolute atomic E-state index is 0.0706. The molecule has 0 radical (unpaired) electrons. The van der Waals surface area contributed by atoms with E-state index in [-0.39, 0.29) is 11.1 Å². The minimum Gasteiger partial charge on any atom is -0.339 e. The van der Waals surface area contributed by atoms with Crippen LogP contribution in [0.3, 0.4) is 0 Å². The van der Waals surface area contributed by atoms with Crippen molar-refractivity contribution in [3.63, 3.8) is 0 Å². The fourth-order valence-electron chi connectivity index (χ4n) is 1.21. The normalized spacial score (nSPS) is 17.8. The lowest BCUT2D eigenvalue weighted by atomic mass is 10.3. The van der Waals surface area contributed by atoms with Crippen LogP contribution in [0.1, 0.15) is 6.92 Å². The van der Waals surface area contributed by atoms with Gasteiger partial charge in [0.1, 0.15) is 0 Å². The lowest BCUT2D eigenvalue weighted by Crippen LogP contribution is -2.48. The molecule has 68 valence electrons. The Labute approximate surface area is 76.9 Å². The van der Waals surface area contributed by atoms with E-state index in [0.717, 1.165) is 0 Å². The maximum absolute atomic E-state index is 10.9. The molecular weight excluding hydrogens is 176 g/mol. The highest BCUT2D eigenvalue weighted by atomic mass is 32.1. The number of carbonyl (C=O) groups excluding carboxylic acids is 2. The van der Waals surface area contributed by atoms with Crippen LogP contribution in [-0.4, -0.2) is 47.1 Å². The van der Waals surface area contributed by atoms with Crippen molar-refractivity contribution in [2.24, 2.45) is 0 Å². The lowest BCUT2D eigenvalue weighted by molar-refractivity contribution is -0.130. The quantitative estimate of drug-likeness (QED) is 0.552. The van der Waals surface area contributed by atoms with Gasteiger partial charge in [0.25, 0.3) is 5.24 Å². The predicted molar refractivity (Wildman–Crippen MR) is 48.2 cm³/mol. The van der Waals surface area contributed by atoms with Crippen LogP contribution in [0, 0.1) is 0 Å². The smallest absolute Gasteiger partial charge is 0.278 e.